The van der Waals surface area contributed by atoms with Crippen molar-refractivity contribution in [2.75, 3.05) is 7.05 Å². The average molecular weight is 231 g/mol. The van der Waals surface area contributed by atoms with E-state index >= 15 is 0 Å². The van der Waals surface area contributed by atoms with E-state index in [4.69, 9.17) is 0 Å². The van der Waals surface area contributed by atoms with Crippen LogP contribution in [0.2, 0.25) is 0 Å². The van der Waals surface area contributed by atoms with Gasteiger partial charge in [0.25, 0.3) is 0 Å². The third kappa shape index (κ3) is 2.00. The van der Waals surface area contributed by atoms with E-state index in [1.54, 1.807) is 0 Å². The minimum atomic E-state index is -0.0445. The maximum atomic E-state index is 9.98. The van der Waals surface area contributed by atoms with Gasteiger partial charge in [-0.15, -0.1) is 0 Å². The Morgan fingerprint density at radius 3 is 2.59 bits per heavy atom. The molecule has 2 heteroatoms. The van der Waals surface area contributed by atoms with Crippen molar-refractivity contribution >= 4 is 0 Å². The van der Waals surface area contributed by atoms with Gasteiger partial charge in [-0.3, -0.25) is 4.90 Å². The number of rotatable bonds is 3. The van der Waals surface area contributed by atoms with Crippen molar-refractivity contribution in [3.8, 4) is 0 Å². The average Bonchev–Trinajstić information content (AvgIpc) is 2.86. The lowest BCUT2D eigenvalue weighted by atomic mass is 9.98. The fourth-order valence-corrected chi connectivity index (χ4v) is 3.92. The van der Waals surface area contributed by atoms with Crippen LogP contribution >= 0.6 is 0 Å². The molecular weight excluding hydrogens is 210 g/mol. The van der Waals surface area contributed by atoms with Gasteiger partial charge in [0.05, 0.1) is 6.10 Å². The molecule has 0 aromatic heterocycles. The third-order valence-electron chi connectivity index (χ3n) is 4.61. The van der Waals surface area contributed by atoms with E-state index in [0.29, 0.717) is 12.0 Å². The number of aliphatic hydroxyl groups excluding tert-OH is 1. The van der Waals surface area contributed by atoms with Gasteiger partial charge in [-0.05, 0) is 37.8 Å². The standard InChI is InChI=1S/C15H21NO/c1-16(10-11-5-3-2-4-6-11)15-12-7-8-13(15)14(17)9-12/h2-6,12-15,17H,7-10H2,1H3/t12?,13-,14-,15?/m1/s1. The van der Waals surface area contributed by atoms with E-state index in [-0.39, 0.29) is 6.10 Å². The number of hydrogen-bond donors (Lipinski definition) is 1. The van der Waals surface area contributed by atoms with Crippen LogP contribution in [0, 0.1) is 11.8 Å². The van der Waals surface area contributed by atoms with Crippen LogP contribution in [0.15, 0.2) is 30.3 Å². The van der Waals surface area contributed by atoms with Crippen LogP contribution in [0.25, 0.3) is 0 Å². The van der Waals surface area contributed by atoms with E-state index in [0.717, 1.165) is 18.9 Å². The number of hydrogen-bond acceptors (Lipinski definition) is 2. The number of fused-ring (bicyclic) bond motifs is 2. The molecule has 1 aromatic rings. The molecule has 0 spiro atoms. The fourth-order valence-electron chi connectivity index (χ4n) is 3.92. The van der Waals surface area contributed by atoms with E-state index in [9.17, 15) is 5.11 Å². The van der Waals surface area contributed by atoms with Crippen molar-refractivity contribution in [2.24, 2.45) is 11.8 Å². The normalized spacial score (nSPS) is 35.7. The predicted octanol–water partition coefficient (Wildman–Crippen LogP) is 2.28. The number of aliphatic hydroxyl groups is 1. The van der Waals surface area contributed by atoms with E-state index in [2.05, 4.69) is 42.3 Å². The van der Waals surface area contributed by atoms with Crippen LogP contribution in [0.4, 0.5) is 0 Å². The molecule has 3 rings (SSSR count). The van der Waals surface area contributed by atoms with Crippen LogP contribution in [0.5, 0.6) is 0 Å². The molecule has 2 bridgehead atoms. The van der Waals surface area contributed by atoms with E-state index in [1.165, 1.54) is 18.4 Å². The zero-order chi connectivity index (χ0) is 11.8. The second kappa shape index (κ2) is 4.43. The highest BCUT2D eigenvalue weighted by Gasteiger charge is 2.48. The van der Waals surface area contributed by atoms with Gasteiger partial charge in [-0.2, -0.15) is 0 Å². The largest absolute Gasteiger partial charge is 0.393 e. The molecule has 0 saturated heterocycles. The minimum Gasteiger partial charge on any atom is -0.393 e. The van der Waals surface area contributed by atoms with Gasteiger partial charge >= 0.3 is 0 Å². The van der Waals surface area contributed by atoms with E-state index < -0.39 is 0 Å². The summed E-state index contributed by atoms with van der Waals surface area (Å²) in [6.45, 7) is 1.01. The second-order valence-corrected chi connectivity index (χ2v) is 5.70. The Labute approximate surface area is 103 Å². The summed E-state index contributed by atoms with van der Waals surface area (Å²) in [7, 11) is 2.21. The first-order valence-corrected chi connectivity index (χ1v) is 6.68. The maximum Gasteiger partial charge on any atom is 0.0586 e. The van der Waals surface area contributed by atoms with Crippen molar-refractivity contribution in [1.29, 1.82) is 0 Å². The molecule has 2 aliphatic carbocycles. The second-order valence-electron chi connectivity index (χ2n) is 5.70. The van der Waals surface area contributed by atoms with Crippen molar-refractivity contribution in [1.82, 2.24) is 4.90 Å². The summed E-state index contributed by atoms with van der Waals surface area (Å²) in [6.07, 6.45) is 3.51. The summed E-state index contributed by atoms with van der Waals surface area (Å²) in [6, 6.07) is 11.2. The van der Waals surface area contributed by atoms with Crippen molar-refractivity contribution in [3.63, 3.8) is 0 Å². The van der Waals surface area contributed by atoms with Gasteiger partial charge < -0.3 is 5.11 Å². The molecule has 4 atom stereocenters. The highest BCUT2D eigenvalue weighted by molar-refractivity contribution is 5.15. The molecule has 0 heterocycles. The lowest BCUT2D eigenvalue weighted by Gasteiger charge is -2.28. The molecule has 2 nitrogen and oxygen atoms in total. The Balaban J connectivity index is 1.69. The van der Waals surface area contributed by atoms with Gasteiger partial charge in [-0.1, -0.05) is 30.3 Å². The van der Waals surface area contributed by atoms with Crippen LogP contribution in [-0.4, -0.2) is 29.2 Å². The summed E-state index contributed by atoms with van der Waals surface area (Å²) in [5, 5.41) is 9.98. The first-order valence-electron chi connectivity index (χ1n) is 6.68. The first-order chi connectivity index (χ1) is 8.25. The summed E-state index contributed by atoms with van der Waals surface area (Å²) >= 11 is 0. The summed E-state index contributed by atoms with van der Waals surface area (Å²) in [5.41, 5.74) is 1.37. The van der Waals surface area contributed by atoms with Gasteiger partial charge in [0.1, 0.15) is 0 Å². The van der Waals surface area contributed by atoms with Crippen molar-refractivity contribution < 1.29 is 5.11 Å². The monoisotopic (exact) mass is 231 g/mol. The quantitative estimate of drug-likeness (QED) is 0.862. The molecule has 0 radical (unpaired) electrons. The van der Waals surface area contributed by atoms with Gasteiger partial charge in [-0.25, -0.2) is 0 Å². The maximum absolute atomic E-state index is 9.98. The van der Waals surface area contributed by atoms with Crippen molar-refractivity contribution in [3.05, 3.63) is 35.9 Å². The molecule has 2 fully saturated rings. The van der Waals surface area contributed by atoms with Crippen LogP contribution in [0.3, 0.4) is 0 Å². The molecular formula is C15H21NO. The Kier molecular flexibility index (Phi) is 2.93. The van der Waals surface area contributed by atoms with Crippen LogP contribution in [-0.2, 0) is 6.54 Å². The highest BCUT2D eigenvalue weighted by atomic mass is 16.3. The summed E-state index contributed by atoms with van der Waals surface area (Å²) in [4.78, 5) is 2.45. The highest BCUT2D eigenvalue weighted by Crippen LogP contribution is 2.47. The van der Waals surface area contributed by atoms with Crippen molar-refractivity contribution in [2.45, 2.75) is 38.0 Å². The minimum absolute atomic E-state index is 0.0445. The fraction of sp³-hybridized carbons (Fsp3) is 0.600. The zero-order valence-electron chi connectivity index (χ0n) is 10.4. The SMILES string of the molecule is CN(Cc1ccccc1)C1C2CC[C@@H]1[C@H](O)C2. The number of nitrogens with zero attached hydrogens (tertiary/aromatic N) is 1. The smallest absolute Gasteiger partial charge is 0.0586 e. The molecule has 0 amide bonds. The number of benzene rings is 1. The third-order valence-corrected chi connectivity index (χ3v) is 4.61. The Hall–Kier alpha value is -0.860. The Bertz CT molecular complexity index is 378. The molecule has 2 unspecified atom stereocenters. The predicted molar refractivity (Wildman–Crippen MR) is 68.5 cm³/mol. The Morgan fingerprint density at radius 1 is 1.24 bits per heavy atom. The van der Waals surface area contributed by atoms with E-state index in [1.807, 2.05) is 0 Å². The molecule has 17 heavy (non-hydrogen) atoms. The van der Waals surface area contributed by atoms with Crippen LogP contribution in [0.1, 0.15) is 24.8 Å². The summed E-state index contributed by atoms with van der Waals surface area (Å²) in [5.74, 6) is 1.25. The molecule has 1 aromatic carbocycles. The Morgan fingerprint density at radius 2 is 2.00 bits per heavy atom. The topological polar surface area (TPSA) is 23.5 Å². The van der Waals surface area contributed by atoms with Gasteiger partial charge in [0.2, 0.25) is 0 Å². The molecule has 2 aliphatic rings. The first kappa shape index (κ1) is 11.2. The summed E-state index contributed by atoms with van der Waals surface area (Å²) < 4.78 is 0. The molecule has 2 saturated carbocycles. The molecule has 92 valence electrons. The van der Waals surface area contributed by atoms with Gasteiger partial charge in [0, 0.05) is 18.5 Å². The van der Waals surface area contributed by atoms with Crippen LogP contribution < -0.4 is 0 Å². The van der Waals surface area contributed by atoms with Gasteiger partial charge in [0.15, 0.2) is 0 Å². The molecule has 1 N–H and O–H groups in total. The lowest BCUT2D eigenvalue weighted by Crippen LogP contribution is -2.36. The lowest BCUT2D eigenvalue weighted by molar-refractivity contribution is 0.0945. The zero-order valence-corrected chi connectivity index (χ0v) is 10.4. The molecule has 0 aliphatic heterocycles.